The van der Waals surface area contributed by atoms with Crippen LogP contribution in [0.2, 0.25) is 0 Å². The lowest BCUT2D eigenvalue weighted by Crippen LogP contribution is -2.10. The molecule has 0 aliphatic heterocycles. The third kappa shape index (κ3) is 2.91. The maximum absolute atomic E-state index is 13.4. The maximum Gasteiger partial charge on any atom is 0.274 e. The summed E-state index contributed by atoms with van der Waals surface area (Å²) in [7, 11) is 0. The van der Waals surface area contributed by atoms with Crippen molar-refractivity contribution < 1.29 is 22.5 Å². The van der Waals surface area contributed by atoms with Gasteiger partial charge in [-0.15, -0.1) is 0 Å². The van der Waals surface area contributed by atoms with Crippen LogP contribution in [0.4, 0.5) is 28.9 Å². The highest BCUT2D eigenvalue weighted by Crippen LogP contribution is 2.24. The average molecular weight is 301 g/mol. The van der Waals surface area contributed by atoms with E-state index in [1.807, 2.05) is 0 Å². The van der Waals surface area contributed by atoms with Gasteiger partial charge in [0.2, 0.25) is 11.6 Å². The van der Waals surface area contributed by atoms with Gasteiger partial charge >= 0.3 is 0 Å². The number of para-hydroxylation sites is 1. The summed E-state index contributed by atoms with van der Waals surface area (Å²) in [6, 6.07) is 5.42. The second-order valence-corrected chi connectivity index (χ2v) is 3.94. The SMILES string of the molecule is O=[N+]([O-])c1ccccc1CNc1c(F)c(F)nc(F)c1F. The van der Waals surface area contributed by atoms with Crippen molar-refractivity contribution in [2.75, 3.05) is 5.32 Å². The van der Waals surface area contributed by atoms with Gasteiger partial charge in [-0.3, -0.25) is 10.1 Å². The smallest absolute Gasteiger partial charge is 0.274 e. The van der Waals surface area contributed by atoms with Gasteiger partial charge in [0.05, 0.1) is 4.92 Å². The molecule has 0 atom stereocenters. The fourth-order valence-electron chi connectivity index (χ4n) is 1.66. The highest BCUT2D eigenvalue weighted by Gasteiger charge is 2.21. The number of halogens is 4. The lowest BCUT2D eigenvalue weighted by molar-refractivity contribution is -0.385. The number of nitro groups is 1. The highest BCUT2D eigenvalue weighted by atomic mass is 19.2. The molecule has 21 heavy (non-hydrogen) atoms. The summed E-state index contributed by atoms with van der Waals surface area (Å²) < 4.78 is 52.6. The molecule has 2 rings (SSSR count). The van der Waals surface area contributed by atoms with Crippen molar-refractivity contribution in [3.05, 3.63) is 63.5 Å². The van der Waals surface area contributed by atoms with Gasteiger partial charge in [0.15, 0.2) is 0 Å². The third-order valence-electron chi connectivity index (χ3n) is 2.64. The number of hydrogen-bond donors (Lipinski definition) is 1. The van der Waals surface area contributed by atoms with Crippen LogP contribution in [0.5, 0.6) is 0 Å². The molecule has 0 radical (unpaired) electrons. The number of anilines is 1. The molecular formula is C12H7F4N3O2. The van der Waals surface area contributed by atoms with E-state index in [2.05, 4.69) is 10.3 Å². The molecule has 0 bridgehead atoms. The van der Waals surface area contributed by atoms with Gasteiger partial charge in [-0.25, -0.2) is 0 Å². The first-order chi connectivity index (χ1) is 9.91. The van der Waals surface area contributed by atoms with Crippen LogP contribution in [0.1, 0.15) is 5.56 Å². The first-order valence-corrected chi connectivity index (χ1v) is 5.58. The van der Waals surface area contributed by atoms with E-state index in [0.29, 0.717) is 0 Å². The fourth-order valence-corrected chi connectivity index (χ4v) is 1.66. The van der Waals surface area contributed by atoms with E-state index in [4.69, 9.17) is 0 Å². The maximum atomic E-state index is 13.4. The number of rotatable bonds is 4. The summed E-state index contributed by atoms with van der Waals surface area (Å²) in [4.78, 5) is 12.5. The number of benzene rings is 1. The molecule has 0 saturated carbocycles. The van der Waals surface area contributed by atoms with Crippen molar-refractivity contribution >= 4 is 11.4 Å². The van der Waals surface area contributed by atoms with Gasteiger partial charge in [-0.1, -0.05) is 18.2 Å². The molecule has 0 aliphatic rings. The minimum Gasteiger partial charge on any atom is -0.376 e. The Hall–Kier alpha value is -2.71. The van der Waals surface area contributed by atoms with Crippen LogP contribution in [-0.2, 0) is 6.54 Å². The number of pyridine rings is 1. The lowest BCUT2D eigenvalue weighted by atomic mass is 10.2. The van der Waals surface area contributed by atoms with Gasteiger partial charge in [0, 0.05) is 18.2 Å². The standard InChI is InChI=1S/C12H7F4N3O2/c13-8-10(9(14)12(16)18-11(8)15)17-5-6-3-1-2-4-7(6)19(20)21/h1-4H,5H2,(H,17,18). The first-order valence-electron chi connectivity index (χ1n) is 5.58. The quantitative estimate of drug-likeness (QED) is 0.407. The first kappa shape index (κ1) is 14.7. The Labute approximate surface area is 115 Å². The van der Waals surface area contributed by atoms with Gasteiger partial charge in [0.25, 0.3) is 17.6 Å². The molecule has 0 fully saturated rings. The van der Waals surface area contributed by atoms with E-state index in [1.165, 1.54) is 24.3 Å². The topological polar surface area (TPSA) is 68.1 Å². The van der Waals surface area contributed by atoms with Crippen LogP contribution in [0.15, 0.2) is 24.3 Å². The summed E-state index contributed by atoms with van der Waals surface area (Å²) in [5.41, 5.74) is -1.27. The molecule has 0 unspecified atom stereocenters. The van der Waals surface area contributed by atoms with Crippen LogP contribution in [0.3, 0.4) is 0 Å². The third-order valence-corrected chi connectivity index (χ3v) is 2.64. The predicted octanol–water partition coefficient (Wildman–Crippen LogP) is 3.16. The van der Waals surface area contributed by atoms with Crippen LogP contribution in [0, 0.1) is 33.6 Å². The minimum atomic E-state index is -1.81. The predicted molar refractivity (Wildman–Crippen MR) is 64.5 cm³/mol. The molecule has 1 heterocycles. The number of nitrogens with zero attached hydrogens (tertiary/aromatic N) is 2. The zero-order valence-electron chi connectivity index (χ0n) is 10.2. The molecule has 2 aromatic rings. The second-order valence-electron chi connectivity index (χ2n) is 3.94. The molecule has 0 spiro atoms. The summed E-state index contributed by atoms with van der Waals surface area (Å²) in [6.45, 7) is -0.395. The number of nitrogens with one attached hydrogen (secondary N) is 1. The van der Waals surface area contributed by atoms with E-state index in [9.17, 15) is 27.7 Å². The summed E-state index contributed by atoms with van der Waals surface area (Å²) in [5, 5.41) is 12.9. The summed E-state index contributed by atoms with van der Waals surface area (Å²) in [6.07, 6.45) is 0. The number of nitro benzene ring substituents is 1. The van der Waals surface area contributed by atoms with E-state index >= 15 is 0 Å². The Kier molecular flexibility index (Phi) is 4.01. The Bertz CT molecular complexity index is 683. The van der Waals surface area contributed by atoms with Crippen LogP contribution in [0.25, 0.3) is 0 Å². The number of aromatic nitrogens is 1. The normalized spacial score (nSPS) is 10.5. The van der Waals surface area contributed by atoms with E-state index in [-0.39, 0.29) is 11.3 Å². The molecule has 110 valence electrons. The van der Waals surface area contributed by atoms with Gasteiger partial charge in [-0.05, 0) is 0 Å². The Morgan fingerprint density at radius 3 is 2.24 bits per heavy atom. The molecule has 1 aromatic heterocycles. The second kappa shape index (κ2) is 5.73. The van der Waals surface area contributed by atoms with E-state index in [1.54, 1.807) is 0 Å². The Morgan fingerprint density at radius 1 is 1.10 bits per heavy atom. The van der Waals surface area contributed by atoms with Gasteiger partial charge in [-0.2, -0.15) is 22.5 Å². The van der Waals surface area contributed by atoms with E-state index in [0.717, 1.165) is 0 Å². The van der Waals surface area contributed by atoms with Crippen molar-refractivity contribution in [3.8, 4) is 0 Å². The van der Waals surface area contributed by atoms with Crippen molar-refractivity contribution in [1.29, 1.82) is 0 Å². The van der Waals surface area contributed by atoms with Gasteiger partial charge < -0.3 is 5.32 Å². The van der Waals surface area contributed by atoms with Crippen LogP contribution in [-0.4, -0.2) is 9.91 Å². The van der Waals surface area contributed by atoms with E-state index < -0.39 is 40.7 Å². The van der Waals surface area contributed by atoms with Crippen LogP contribution < -0.4 is 5.32 Å². The Morgan fingerprint density at radius 2 is 1.67 bits per heavy atom. The molecule has 0 amide bonds. The zero-order valence-corrected chi connectivity index (χ0v) is 10.2. The highest BCUT2D eigenvalue weighted by molar-refractivity contribution is 5.48. The lowest BCUT2D eigenvalue weighted by Gasteiger charge is -2.09. The zero-order chi connectivity index (χ0) is 15.6. The molecule has 0 aliphatic carbocycles. The minimum absolute atomic E-state index is 0.0962. The molecule has 5 nitrogen and oxygen atoms in total. The van der Waals surface area contributed by atoms with Gasteiger partial charge in [0.1, 0.15) is 5.69 Å². The summed E-state index contributed by atoms with van der Waals surface area (Å²) >= 11 is 0. The molecular weight excluding hydrogens is 294 g/mol. The number of hydrogen-bond acceptors (Lipinski definition) is 4. The summed E-state index contributed by atoms with van der Waals surface area (Å²) in [5.74, 6) is -7.02. The molecule has 1 N–H and O–H groups in total. The van der Waals surface area contributed by atoms with Crippen molar-refractivity contribution in [2.45, 2.75) is 6.54 Å². The van der Waals surface area contributed by atoms with Crippen molar-refractivity contribution in [1.82, 2.24) is 4.98 Å². The Balaban J connectivity index is 2.31. The average Bonchev–Trinajstić information content (AvgIpc) is 2.45. The van der Waals surface area contributed by atoms with Crippen LogP contribution >= 0.6 is 0 Å². The monoisotopic (exact) mass is 301 g/mol. The van der Waals surface area contributed by atoms with Crippen molar-refractivity contribution in [2.24, 2.45) is 0 Å². The molecule has 9 heteroatoms. The molecule has 0 saturated heterocycles. The van der Waals surface area contributed by atoms with Crippen molar-refractivity contribution in [3.63, 3.8) is 0 Å². The fraction of sp³-hybridized carbons (Fsp3) is 0.0833. The largest absolute Gasteiger partial charge is 0.376 e. The molecule has 1 aromatic carbocycles.